The Labute approximate surface area is 73.6 Å². The first-order chi connectivity index (χ1) is 5.59. The van der Waals surface area contributed by atoms with E-state index in [-0.39, 0.29) is 5.92 Å². The average molecular weight is 168 g/mol. The fourth-order valence-electron chi connectivity index (χ4n) is 0.954. The topological polar surface area (TPSA) is 26.7 Å². The molecule has 0 bridgehead atoms. The molecule has 0 saturated carbocycles. The lowest BCUT2D eigenvalue weighted by Gasteiger charge is -2.14. The van der Waals surface area contributed by atoms with E-state index >= 15 is 0 Å². The van der Waals surface area contributed by atoms with Crippen molar-refractivity contribution in [2.45, 2.75) is 13.8 Å². The van der Waals surface area contributed by atoms with Crippen molar-refractivity contribution in [1.29, 1.82) is 0 Å². The fourth-order valence-corrected chi connectivity index (χ4v) is 0.954. The van der Waals surface area contributed by atoms with Crippen LogP contribution in [0.15, 0.2) is 24.4 Å². The molecule has 1 aliphatic heterocycles. The van der Waals surface area contributed by atoms with E-state index in [1.807, 2.05) is 43.1 Å². The minimum absolute atomic E-state index is 0.198. The van der Waals surface area contributed by atoms with Gasteiger partial charge in [0.25, 0.3) is 0 Å². The van der Waals surface area contributed by atoms with Crippen molar-refractivity contribution in [1.82, 2.24) is 9.80 Å². The van der Waals surface area contributed by atoms with Crippen molar-refractivity contribution in [3.63, 3.8) is 0 Å². The molecule has 12 heavy (non-hydrogen) atoms. The Balaban J connectivity index is 2.52. The third-order valence-electron chi connectivity index (χ3n) is 1.79. The van der Waals surface area contributed by atoms with Crippen LogP contribution in [0.3, 0.4) is 0 Å². The van der Waals surface area contributed by atoms with Crippen molar-refractivity contribution in [2.75, 3.05) is 13.7 Å². The Morgan fingerprint density at radius 1 is 1.50 bits per heavy atom. The maximum Gasteiger partial charge on any atom is 0.111 e. The molecule has 3 nitrogen and oxygen atoms in total. The summed E-state index contributed by atoms with van der Waals surface area (Å²) < 4.78 is 0. The normalized spacial score (nSPS) is 18.2. The monoisotopic (exact) mass is 168 g/mol. The van der Waals surface area contributed by atoms with Gasteiger partial charge in [0.1, 0.15) is 5.76 Å². The van der Waals surface area contributed by atoms with Crippen LogP contribution in [0, 0.1) is 5.92 Å². The van der Waals surface area contributed by atoms with Crippen LogP contribution in [-0.4, -0.2) is 28.6 Å². The molecule has 0 aromatic rings. The molecule has 0 aromatic heterocycles. The van der Waals surface area contributed by atoms with Gasteiger partial charge in [-0.15, -0.1) is 0 Å². The van der Waals surface area contributed by atoms with E-state index in [1.165, 1.54) is 0 Å². The zero-order valence-corrected chi connectivity index (χ0v) is 7.86. The predicted molar refractivity (Wildman–Crippen MR) is 49.2 cm³/mol. The van der Waals surface area contributed by atoms with Crippen LogP contribution < -0.4 is 0 Å². The van der Waals surface area contributed by atoms with Crippen LogP contribution in [0.1, 0.15) is 13.8 Å². The highest BCUT2D eigenvalue weighted by atomic mass is 16.3. The molecule has 0 fully saturated rings. The van der Waals surface area contributed by atoms with Gasteiger partial charge in [0, 0.05) is 31.6 Å². The lowest BCUT2D eigenvalue weighted by atomic mass is 10.2. The van der Waals surface area contributed by atoms with Crippen LogP contribution in [-0.2, 0) is 0 Å². The van der Waals surface area contributed by atoms with Gasteiger partial charge in [-0.3, -0.25) is 0 Å². The van der Waals surface area contributed by atoms with Crippen molar-refractivity contribution in [2.24, 2.45) is 5.92 Å². The van der Waals surface area contributed by atoms with E-state index in [4.69, 9.17) is 0 Å². The Bertz CT molecular complexity index is 209. The molecule has 3 heteroatoms. The minimum Gasteiger partial charge on any atom is -0.511 e. The molecule has 0 aromatic carbocycles. The molecule has 0 spiro atoms. The zero-order valence-electron chi connectivity index (χ0n) is 7.86. The molecule has 0 atom stereocenters. The number of hydrogen-bond acceptors (Lipinski definition) is 3. The summed E-state index contributed by atoms with van der Waals surface area (Å²) in [5, 5.41) is 9.44. The van der Waals surface area contributed by atoms with Gasteiger partial charge in [0.05, 0.1) is 6.67 Å². The van der Waals surface area contributed by atoms with E-state index in [0.29, 0.717) is 5.76 Å². The summed E-state index contributed by atoms with van der Waals surface area (Å²) in [6.07, 6.45) is 5.69. The van der Waals surface area contributed by atoms with Crippen LogP contribution in [0.4, 0.5) is 0 Å². The highest BCUT2D eigenvalue weighted by Crippen LogP contribution is 2.10. The van der Waals surface area contributed by atoms with Crippen LogP contribution in [0.2, 0.25) is 0 Å². The number of rotatable bonds is 2. The van der Waals surface area contributed by atoms with Crippen molar-refractivity contribution in [3.05, 3.63) is 24.4 Å². The molecule has 1 rings (SSSR count). The van der Waals surface area contributed by atoms with Crippen LogP contribution in [0.25, 0.3) is 0 Å². The first-order valence-corrected chi connectivity index (χ1v) is 4.14. The first-order valence-electron chi connectivity index (χ1n) is 4.14. The molecule has 0 unspecified atom stereocenters. The zero-order chi connectivity index (χ0) is 9.14. The third-order valence-corrected chi connectivity index (χ3v) is 1.79. The van der Waals surface area contributed by atoms with Gasteiger partial charge in [-0.05, 0) is 0 Å². The summed E-state index contributed by atoms with van der Waals surface area (Å²) in [7, 11) is 2.00. The van der Waals surface area contributed by atoms with Gasteiger partial charge < -0.3 is 14.9 Å². The molecule has 1 heterocycles. The lowest BCUT2D eigenvalue weighted by Crippen LogP contribution is -2.18. The molecule has 0 amide bonds. The number of aliphatic hydroxyl groups is 1. The predicted octanol–water partition coefficient (Wildman–Crippen LogP) is 1.72. The molecule has 1 N–H and O–H groups in total. The van der Waals surface area contributed by atoms with Gasteiger partial charge >= 0.3 is 0 Å². The van der Waals surface area contributed by atoms with E-state index in [1.54, 1.807) is 6.20 Å². The molecular weight excluding hydrogens is 152 g/mol. The summed E-state index contributed by atoms with van der Waals surface area (Å²) >= 11 is 0. The number of nitrogens with zero attached hydrogens (tertiary/aromatic N) is 2. The Hall–Kier alpha value is -1.12. The van der Waals surface area contributed by atoms with Crippen molar-refractivity contribution >= 4 is 0 Å². The van der Waals surface area contributed by atoms with E-state index in [9.17, 15) is 5.11 Å². The number of allylic oxidation sites excluding steroid dienone is 1. The Morgan fingerprint density at radius 3 is 2.58 bits per heavy atom. The summed E-state index contributed by atoms with van der Waals surface area (Å²) in [6.45, 7) is 4.75. The van der Waals surface area contributed by atoms with E-state index < -0.39 is 0 Å². The maximum absolute atomic E-state index is 9.44. The Kier molecular flexibility index (Phi) is 2.63. The third kappa shape index (κ3) is 2.19. The summed E-state index contributed by atoms with van der Waals surface area (Å²) in [5.74, 6) is 0.624. The fraction of sp³-hybridized carbons (Fsp3) is 0.556. The second-order valence-electron chi connectivity index (χ2n) is 3.42. The molecule has 68 valence electrons. The van der Waals surface area contributed by atoms with Crippen LogP contribution >= 0.6 is 0 Å². The minimum atomic E-state index is 0.198. The van der Waals surface area contributed by atoms with E-state index in [2.05, 4.69) is 0 Å². The molecular formula is C9H16N2O. The van der Waals surface area contributed by atoms with Gasteiger partial charge in [-0.2, -0.15) is 0 Å². The second-order valence-corrected chi connectivity index (χ2v) is 3.42. The van der Waals surface area contributed by atoms with Gasteiger partial charge in [-0.1, -0.05) is 13.8 Å². The van der Waals surface area contributed by atoms with E-state index in [0.717, 1.165) is 6.67 Å². The quantitative estimate of drug-likeness (QED) is 0.636. The maximum atomic E-state index is 9.44. The second kappa shape index (κ2) is 3.52. The standard InChI is InChI=1S/C9H16N2O/c1-8(2)9(12)6-11-5-4-10(3)7-11/h4-6,8,12H,7H2,1-3H3/b9-6-. The summed E-state index contributed by atoms with van der Waals surface area (Å²) in [4.78, 5) is 4.00. The van der Waals surface area contributed by atoms with Gasteiger partial charge in [0.15, 0.2) is 0 Å². The van der Waals surface area contributed by atoms with Crippen molar-refractivity contribution in [3.8, 4) is 0 Å². The summed E-state index contributed by atoms with van der Waals surface area (Å²) in [5.41, 5.74) is 0. The number of aliphatic hydroxyl groups excluding tert-OH is 1. The molecule has 0 saturated heterocycles. The molecule has 1 aliphatic rings. The average Bonchev–Trinajstić information content (AvgIpc) is 2.35. The lowest BCUT2D eigenvalue weighted by molar-refractivity contribution is 0.312. The number of hydrogen-bond donors (Lipinski definition) is 1. The highest BCUT2D eigenvalue weighted by Gasteiger charge is 2.07. The largest absolute Gasteiger partial charge is 0.511 e. The first kappa shape index (κ1) is 8.97. The van der Waals surface area contributed by atoms with Crippen LogP contribution in [0.5, 0.6) is 0 Å². The smallest absolute Gasteiger partial charge is 0.111 e. The summed E-state index contributed by atoms with van der Waals surface area (Å²) in [6, 6.07) is 0. The van der Waals surface area contributed by atoms with Crippen molar-refractivity contribution < 1.29 is 5.11 Å². The SMILES string of the molecule is CC(C)/C(O)=C/N1C=CN(C)C1. The Morgan fingerprint density at radius 2 is 2.17 bits per heavy atom. The molecule has 0 radical (unpaired) electrons. The van der Waals surface area contributed by atoms with Gasteiger partial charge in [0.2, 0.25) is 0 Å². The highest BCUT2D eigenvalue weighted by molar-refractivity contribution is 5.01. The van der Waals surface area contributed by atoms with Gasteiger partial charge in [-0.25, -0.2) is 0 Å². The molecule has 0 aliphatic carbocycles.